The summed E-state index contributed by atoms with van der Waals surface area (Å²) in [4.78, 5) is 15.2. The van der Waals surface area contributed by atoms with Gasteiger partial charge >= 0.3 is 0 Å². The van der Waals surface area contributed by atoms with E-state index in [9.17, 15) is 4.79 Å². The fraction of sp³-hybridized carbons (Fsp3) is 0.105. The summed E-state index contributed by atoms with van der Waals surface area (Å²) >= 11 is 1.37. The molecule has 6 nitrogen and oxygen atoms in total. The number of H-pyrrole nitrogens is 1. The van der Waals surface area contributed by atoms with Crippen molar-refractivity contribution in [1.29, 1.82) is 0 Å². The first kappa shape index (κ1) is 16.4. The maximum atomic E-state index is 12.3. The minimum absolute atomic E-state index is 0.0220. The first-order chi connectivity index (χ1) is 12.8. The average molecular weight is 364 g/mol. The van der Waals surface area contributed by atoms with Crippen molar-refractivity contribution in [3.8, 4) is 11.6 Å². The van der Waals surface area contributed by atoms with Crippen LogP contribution in [0.2, 0.25) is 0 Å². The zero-order chi connectivity index (χ0) is 17.8. The van der Waals surface area contributed by atoms with Crippen molar-refractivity contribution < 1.29 is 9.21 Å². The van der Waals surface area contributed by atoms with Gasteiger partial charge in [-0.05, 0) is 29.8 Å². The maximum Gasteiger partial charge on any atom is 0.200 e. The molecule has 130 valence electrons. The number of aromatic amines is 1. The Balaban J connectivity index is 1.60. The van der Waals surface area contributed by atoms with Gasteiger partial charge in [0, 0.05) is 6.20 Å². The van der Waals surface area contributed by atoms with Gasteiger partial charge in [0.15, 0.2) is 16.7 Å². The molecule has 0 bridgehead atoms. The van der Waals surface area contributed by atoms with Gasteiger partial charge < -0.3 is 9.40 Å². The molecule has 0 fully saturated rings. The molecule has 1 aromatic carbocycles. The highest BCUT2D eigenvalue weighted by atomic mass is 32.2. The zero-order valence-corrected chi connectivity index (χ0v) is 14.6. The molecule has 3 heterocycles. The third-order valence-electron chi connectivity index (χ3n) is 3.87. The number of hydrogen-bond acceptors (Lipinski definition) is 5. The van der Waals surface area contributed by atoms with Crippen LogP contribution in [0.5, 0.6) is 0 Å². The van der Waals surface area contributed by atoms with Crippen molar-refractivity contribution in [2.24, 2.45) is 0 Å². The van der Waals surface area contributed by atoms with Gasteiger partial charge in [-0.1, -0.05) is 42.1 Å². The van der Waals surface area contributed by atoms with Crippen LogP contribution in [0.15, 0.2) is 76.6 Å². The summed E-state index contributed by atoms with van der Waals surface area (Å²) in [7, 11) is 0. The molecular formula is C19H16N4O2S. The summed E-state index contributed by atoms with van der Waals surface area (Å²) in [5.41, 5.74) is 1.72. The van der Waals surface area contributed by atoms with Crippen molar-refractivity contribution in [3.63, 3.8) is 0 Å². The summed E-state index contributed by atoms with van der Waals surface area (Å²) in [6, 6.07) is 17.3. The summed E-state index contributed by atoms with van der Waals surface area (Å²) in [5.74, 6) is 1.60. The fourth-order valence-corrected chi connectivity index (χ4v) is 3.42. The lowest BCUT2D eigenvalue weighted by Crippen LogP contribution is -2.07. The minimum Gasteiger partial charge on any atom is -0.461 e. The minimum atomic E-state index is 0.0220. The Morgan fingerprint density at radius 1 is 1.08 bits per heavy atom. The van der Waals surface area contributed by atoms with E-state index in [1.165, 1.54) is 11.8 Å². The van der Waals surface area contributed by atoms with Crippen molar-refractivity contribution in [2.45, 2.75) is 11.7 Å². The van der Waals surface area contributed by atoms with Gasteiger partial charge in [0.25, 0.3) is 0 Å². The van der Waals surface area contributed by atoms with E-state index < -0.39 is 0 Å². The molecule has 0 unspecified atom stereocenters. The van der Waals surface area contributed by atoms with E-state index in [4.69, 9.17) is 4.42 Å². The molecule has 0 amide bonds. The summed E-state index contributed by atoms with van der Waals surface area (Å²) in [6.07, 6.45) is 3.35. The van der Waals surface area contributed by atoms with Gasteiger partial charge in [0.2, 0.25) is 5.82 Å². The van der Waals surface area contributed by atoms with Crippen LogP contribution in [0, 0.1) is 0 Å². The molecular weight excluding hydrogens is 348 g/mol. The molecule has 26 heavy (non-hydrogen) atoms. The average Bonchev–Trinajstić information content (AvgIpc) is 3.42. The number of furan rings is 1. The molecule has 0 atom stereocenters. The predicted molar refractivity (Wildman–Crippen MR) is 99.1 cm³/mol. The fourth-order valence-electron chi connectivity index (χ4n) is 2.60. The third-order valence-corrected chi connectivity index (χ3v) is 4.84. The monoisotopic (exact) mass is 364 g/mol. The van der Waals surface area contributed by atoms with E-state index in [-0.39, 0.29) is 11.5 Å². The number of carbonyl (C=O) groups excluding carboxylic acids is 1. The molecule has 4 rings (SSSR count). The zero-order valence-electron chi connectivity index (χ0n) is 13.8. The molecule has 0 aliphatic rings. The molecule has 0 aliphatic carbocycles. The van der Waals surface area contributed by atoms with Crippen LogP contribution in [0.1, 0.15) is 16.1 Å². The second-order valence-electron chi connectivity index (χ2n) is 5.65. The van der Waals surface area contributed by atoms with Crippen molar-refractivity contribution >= 4 is 17.5 Å². The van der Waals surface area contributed by atoms with Crippen molar-refractivity contribution in [1.82, 2.24) is 19.7 Å². The number of aromatic nitrogens is 4. The molecule has 1 N–H and O–H groups in total. The Morgan fingerprint density at radius 3 is 2.69 bits per heavy atom. The highest BCUT2D eigenvalue weighted by molar-refractivity contribution is 7.99. The Labute approximate surface area is 154 Å². The van der Waals surface area contributed by atoms with Crippen LogP contribution in [-0.2, 0) is 6.54 Å². The largest absolute Gasteiger partial charge is 0.461 e. The smallest absolute Gasteiger partial charge is 0.200 e. The highest BCUT2D eigenvalue weighted by Crippen LogP contribution is 2.26. The summed E-state index contributed by atoms with van der Waals surface area (Å²) < 4.78 is 7.46. The second-order valence-corrected chi connectivity index (χ2v) is 6.59. The van der Waals surface area contributed by atoms with Gasteiger partial charge in [0.05, 0.1) is 24.3 Å². The number of thioether (sulfide) groups is 1. The van der Waals surface area contributed by atoms with Crippen LogP contribution in [0.4, 0.5) is 0 Å². The standard InChI is InChI=1S/C19H16N4O2S/c24-16(15-8-4-10-20-15)13-26-19-22-21-18(17-9-5-11-25-17)23(19)12-14-6-2-1-3-7-14/h1-11,20H,12-13H2. The molecule has 0 saturated heterocycles. The lowest BCUT2D eigenvalue weighted by molar-refractivity contribution is 0.101. The van der Waals surface area contributed by atoms with Crippen LogP contribution < -0.4 is 0 Å². The van der Waals surface area contributed by atoms with Crippen molar-refractivity contribution in [2.75, 3.05) is 5.75 Å². The van der Waals surface area contributed by atoms with Crippen molar-refractivity contribution in [3.05, 3.63) is 78.3 Å². The number of rotatable bonds is 7. The van der Waals surface area contributed by atoms with E-state index in [2.05, 4.69) is 15.2 Å². The van der Waals surface area contributed by atoms with E-state index in [1.54, 1.807) is 18.5 Å². The Kier molecular flexibility index (Phi) is 4.70. The lowest BCUT2D eigenvalue weighted by atomic mass is 10.2. The Hall–Kier alpha value is -3.06. The summed E-state index contributed by atoms with van der Waals surface area (Å²) in [5, 5.41) is 9.23. The van der Waals surface area contributed by atoms with Gasteiger partial charge in [-0.2, -0.15) is 0 Å². The van der Waals surface area contributed by atoms with Crippen LogP contribution in [-0.4, -0.2) is 31.3 Å². The Bertz CT molecular complexity index is 976. The van der Waals surface area contributed by atoms with Crippen LogP contribution in [0.3, 0.4) is 0 Å². The number of benzene rings is 1. The number of nitrogens with one attached hydrogen (secondary N) is 1. The molecule has 0 radical (unpaired) electrons. The number of nitrogens with zero attached hydrogens (tertiary/aromatic N) is 3. The molecule has 0 spiro atoms. The first-order valence-electron chi connectivity index (χ1n) is 8.11. The molecule has 4 aromatic rings. The summed E-state index contributed by atoms with van der Waals surface area (Å²) in [6.45, 7) is 0.600. The highest BCUT2D eigenvalue weighted by Gasteiger charge is 2.18. The molecule has 7 heteroatoms. The topological polar surface area (TPSA) is 76.7 Å². The quantitative estimate of drug-likeness (QED) is 0.398. The molecule has 3 aromatic heterocycles. The van der Waals surface area contributed by atoms with E-state index in [0.29, 0.717) is 29.0 Å². The van der Waals surface area contributed by atoms with Gasteiger partial charge in [-0.3, -0.25) is 9.36 Å². The first-order valence-corrected chi connectivity index (χ1v) is 9.10. The Morgan fingerprint density at radius 2 is 1.96 bits per heavy atom. The number of hydrogen-bond donors (Lipinski definition) is 1. The number of Topliss-reactive ketones (excluding diaryl/α,β-unsaturated/α-hetero) is 1. The van der Waals surface area contributed by atoms with Crippen LogP contribution in [0.25, 0.3) is 11.6 Å². The van der Waals surface area contributed by atoms with E-state index >= 15 is 0 Å². The predicted octanol–water partition coefficient (Wildman–Crippen LogP) is 3.89. The normalized spacial score (nSPS) is 10.9. The second kappa shape index (κ2) is 7.45. The SMILES string of the molecule is O=C(CSc1nnc(-c2ccco2)n1Cc1ccccc1)c1ccc[nH]1. The van der Waals surface area contributed by atoms with Gasteiger partial charge in [0.1, 0.15) is 0 Å². The number of ketones is 1. The van der Waals surface area contributed by atoms with Crippen LogP contribution >= 0.6 is 11.8 Å². The van der Waals surface area contributed by atoms with Gasteiger partial charge in [-0.25, -0.2) is 0 Å². The molecule has 0 saturated carbocycles. The number of carbonyl (C=O) groups is 1. The van der Waals surface area contributed by atoms with E-state index in [1.807, 2.05) is 53.1 Å². The third kappa shape index (κ3) is 3.48. The lowest BCUT2D eigenvalue weighted by Gasteiger charge is -2.09. The molecule has 0 aliphatic heterocycles. The van der Waals surface area contributed by atoms with E-state index in [0.717, 1.165) is 5.56 Å². The maximum absolute atomic E-state index is 12.3. The van der Waals surface area contributed by atoms with Gasteiger partial charge in [-0.15, -0.1) is 10.2 Å².